The minimum absolute atomic E-state index is 0.642. The predicted octanol–water partition coefficient (Wildman–Crippen LogP) is 3.56. The molecule has 0 aliphatic carbocycles. The first-order valence-corrected chi connectivity index (χ1v) is 8.67. The molecule has 0 N–H and O–H groups in total. The molecule has 2 heterocycles. The molecule has 0 saturated heterocycles. The Balaban J connectivity index is 1.43. The van der Waals surface area contributed by atoms with Crippen molar-refractivity contribution in [2.45, 2.75) is 32.6 Å². The summed E-state index contributed by atoms with van der Waals surface area (Å²) in [5.41, 5.74) is 1.85. The highest BCUT2D eigenvalue weighted by molar-refractivity contribution is 5.95. The summed E-state index contributed by atoms with van der Waals surface area (Å²) in [6.45, 7) is 3.95. The molecule has 2 aromatic rings. The fourth-order valence-electron chi connectivity index (χ4n) is 2.72. The summed E-state index contributed by atoms with van der Waals surface area (Å²) in [6, 6.07) is 7.76. The number of hydrogen-bond donors (Lipinski definition) is 0. The van der Waals surface area contributed by atoms with Gasteiger partial charge in [0.05, 0.1) is 26.0 Å². The lowest BCUT2D eigenvalue weighted by molar-refractivity contribution is 0.284. The van der Waals surface area contributed by atoms with Gasteiger partial charge in [0, 0.05) is 18.1 Å². The van der Waals surface area contributed by atoms with Crippen LogP contribution >= 0.6 is 0 Å². The van der Waals surface area contributed by atoms with Gasteiger partial charge in [0.2, 0.25) is 5.90 Å². The summed E-state index contributed by atoms with van der Waals surface area (Å²) in [4.78, 5) is 4.32. The maximum absolute atomic E-state index is 5.86. The molecule has 0 fully saturated rings. The molecule has 0 atom stereocenters. The van der Waals surface area contributed by atoms with Crippen LogP contribution in [0.25, 0.3) is 0 Å². The summed E-state index contributed by atoms with van der Waals surface area (Å²) in [6.07, 6.45) is 4.03. The van der Waals surface area contributed by atoms with Crippen LogP contribution in [-0.4, -0.2) is 37.9 Å². The summed E-state index contributed by atoms with van der Waals surface area (Å²) >= 11 is 0. The average molecular weight is 344 g/mol. The smallest absolute Gasteiger partial charge is 0.216 e. The topological polar surface area (TPSA) is 66.1 Å². The fourth-order valence-corrected chi connectivity index (χ4v) is 2.72. The van der Waals surface area contributed by atoms with E-state index < -0.39 is 0 Å². The SMILES string of the molecule is COc1cc(C2=NCCO2)ccc1OCCCCCc1cc(C)no1. The van der Waals surface area contributed by atoms with E-state index in [1.54, 1.807) is 7.11 Å². The van der Waals surface area contributed by atoms with Gasteiger partial charge in [0.1, 0.15) is 12.4 Å². The number of methoxy groups -OCH3 is 1. The summed E-state index contributed by atoms with van der Waals surface area (Å²) in [5, 5.41) is 3.90. The Morgan fingerprint density at radius 1 is 1.12 bits per heavy atom. The number of benzene rings is 1. The third kappa shape index (κ3) is 4.75. The van der Waals surface area contributed by atoms with Crippen LogP contribution in [0.4, 0.5) is 0 Å². The Bertz CT molecular complexity index is 724. The monoisotopic (exact) mass is 344 g/mol. The summed E-state index contributed by atoms with van der Waals surface area (Å²) < 4.78 is 22.0. The van der Waals surface area contributed by atoms with Gasteiger partial charge in [0.25, 0.3) is 0 Å². The molecule has 0 spiro atoms. The maximum atomic E-state index is 5.86. The van der Waals surface area contributed by atoms with Gasteiger partial charge in [-0.25, -0.2) is 4.99 Å². The second kappa shape index (κ2) is 8.55. The number of ether oxygens (including phenoxy) is 3. The second-order valence-electron chi connectivity index (χ2n) is 5.99. The third-order valence-corrected chi connectivity index (χ3v) is 4.00. The minimum atomic E-state index is 0.642. The molecular weight excluding hydrogens is 320 g/mol. The minimum Gasteiger partial charge on any atom is -0.493 e. The van der Waals surface area contributed by atoms with Gasteiger partial charge in [-0.3, -0.25) is 0 Å². The van der Waals surface area contributed by atoms with Gasteiger partial charge in [-0.2, -0.15) is 0 Å². The molecule has 0 amide bonds. The molecule has 1 aromatic carbocycles. The molecule has 1 aromatic heterocycles. The van der Waals surface area contributed by atoms with E-state index in [4.69, 9.17) is 18.7 Å². The van der Waals surface area contributed by atoms with Crippen molar-refractivity contribution in [3.8, 4) is 11.5 Å². The molecule has 0 bridgehead atoms. The molecule has 1 aliphatic heterocycles. The normalized spacial score (nSPS) is 13.4. The van der Waals surface area contributed by atoms with Crippen LogP contribution in [0.3, 0.4) is 0 Å². The first-order chi connectivity index (χ1) is 12.3. The van der Waals surface area contributed by atoms with E-state index in [1.807, 2.05) is 31.2 Å². The maximum Gasteiger partial charge on any atom is 0.216 e. The lowest BCUT2D eigenvalue weighted by atomic mass is 10.1. The molecule has 3 rings (SSSR count). The van der Waals surface area contributed by atoms with E-state index in [0.29, 0.717) is 31.4 Å². The van der Waals surface area contributed by atoms with Gasteiger partial charge < -0.3 is 18.7 Å². The first kappa shape index (κ1) is 17.3. The van der Waals surface area contributed by atoms with Gasteiger partial charge >= 0.3 is 0 Å². The number of rotatable bonds is 9. The molecule has 6 heteroatoms. The van der Waals surface area contributed by atoms with Crippen molar-refractivity contribution >= 4 is 5.90 Å². The highest BCUT2D eigenvalue weighted by Crippen LogP contribution is 2.29. The van der Waals surface area contributed by atoms with Crippen LogP contribution in [0.15, 0.2) is 33.8 Å². The number of aliphatic imine (C=N–C) groups is 1. The zero-order valence-electron chi connectivity index (χ0n) is 14.8. The standard InChI is InChI=1S/C19H24N2O4/c1-14-12-16(25-21-14)6-4-3-5-10-23-17-8-7-15(13-18(17)22-2)19-20-9-11-24-19/h7-8,12-13H,3-6,9-11H2,1-2H3. The Labute approximate surface area is 147 Å². The van der Waals surface area contributed by atoms with Gasteiger partial charge in [-0.1, -0.05) is 5.16 Å². The Hall–Kier alpha value is -2.50. The van der Waals surface area contributed by atoms with Crippen molar-refractivity contribution < 1.29 is 18.7 Å². The van der Waals surface area contributed by atoms with E-state index in [1.165, 1.54) is 0 Å². The highest BCUT2D eigenvalue weighted by Gasteiger charge is 2.13. The second-order valence-corrected chi connectivity index (χ2v) is 5.99. The van der Waals surface area contributed by atoms with E-state index in [-0.39, 0.29) is 0 Å². The molecular formula is C19H24N2O4. The number of aryl methyl sites for hydroxylation is 2. The zero-order chi connectivity index (χ0) is 17.5. The van der Waals surface area contributed by atoms with Crippen LogP contribution in [-0.2, 0) is 11.2 Å². The quantitative estimate of drug-likeness (QED) is 0.651. The van der Waals surface area contributed by atoms with Crippen LogP contribution < -0.4 is 9.47 Å². The Morgan fingerprint density at radius 2 is 2.04 bits per heavy atom. The van der Waals surface area contributed by atoms with Gasteiger partial charge in [-0.15, -0.1) is 0 Å². The van der Waals surface area contributed by atoms with E-state index in [2.05, 4.69) is 10.1 Å². The number of aromatic nitrogens is 1. The summed E-state index contributed by atoms with van der Waals surface area (Å²) in [7, 11) is 1.64. The number of nitrogens with zero attached hydrogens (tertiary/aromatic N) is 2. The van der Waals surface area contributed by atoms with Crippen LogP contribution in [0.5, 0.6) is 11.5 Å². The fraction of sp³-hybridized carbons (Fsp3) is 0.474. The molecule has 0 unspecified atom stereocenters. The molecule has 6 nitrogen and oxygen atoms in total. The lowest BCUT2D eigenvalue weighted by Crippen LogP contribution is -2.04. The van der Waals surface area contributed by atoms with Gasteiger partial charge in [0.15, 0.2) is 11.5 Å². The van der Waals surface area contributed by atoms with Crippen molar-refractivity contribution in [3.63, 3.8) is 0 Å². The molecule has 25 heavy (non-hydrogen) atoms. The van der Waals surface area contributed by atoms with E-state index in [9.17, 15) is 0 Å². The van der Waals surface area contributed by atoms with Crippen molar-refractivity contribution in [1.82, 2.24) is 5.16 Å². The van der Waals surface area contributed by atoms with Crippen LogP contribution in [0.1, 0.15) is 36.3 Å². The van der Waals surface area contributed by atoms with Crippen molar-refractivity contribution in [2.75, 3.05) is 26.9 Å². The predicted molar refractivity (Wildman–Crippen MR) is 94.6 cm³/mol. The van der Waals surface area contributed by atoms with E-state index >= 15 is 0 Å². The highest BCUT2D eigenvalue weighted by atomic mass is 16.5. The lowest BCUT2D eigenvalue weighted by Gasteiger charge is -2.12. The number of unbranched alkanes of at least 4 members (excludes halogenated alkanes) is 2. The Kier molecular flexibility index (Phi) is 5.93. The molecule has 1 aliphatic rings. The zero-order valence-corrected chi connectivity index (χ0v) is 14.8. The number of hydrogen-bond acceptors (Lipinski definition) is 6. The van der Waals surface area contributed by atoms with Crippen molar-refractivity contribution in [3.05, 3.63) is 41.3 Å². The first-order valence-electron chi connectivity index (χ1n) is 8.67. The molecule has 0 radical (unpaired) electrons. The largest absolute Gasteiger partial charge is 0.493 e. The van der Waals surface area contributed by atoms with Crippen LogP contribution in [0.2, 0.25) is 0 Å². The molecule has 0 saturated carbocycles. The average Bonchev–Trinajstić information content (AvgIpc) is 3.30. The van der Waals surface area contributed by atoms with E-state index in [0.717, 1.165) is 48.5 Å². The third-order valence-electron chi connectivity index (χ3n) is 4.00. The van der Waals surface area contributed by atoms with Crippen molar-refractivity contribution in [1.29, 1.82) is 0 Å². The Morgan fingerprint density at radius 3 is 2.76 bits per heavy atom. The van der Waals surface area contributed by atoms with Crippen LogP contribution in [0, 0.1) is 6.92 Å². The summed E-state index contributed by atoms with van der Waals surface area (Å²) in [5.74, 6) is 3.07. The van der Waals surface area contributed by atoms with Gasteiger partial charge in [-0.05, 0) is 44.4 Å². The molecule has 134 valence electrons. The van der Waals surface area contributed by atoms with Crippen molar-refractivity contribution in [2.24, 2.45) is 4.99 Å².